The van der Waals surface area contributed by atoms with Crippen LogP contribution < -0.4 is 5.56 Å². The molecule has 7 nitrogen and oxygen atoms in total. The van der Waals surface area contributed by atoms with Crippen molar-refractivity contribution in [3.63, 3.8) is 0 Å². The number of halogens is 1. The Kier molecular flexibility index (Phi) is 7.73. The van der Waals surface area contributed by atoms with Gasteiger partial charge in [-0.3, -0.25) is 4.79 Å². The maximum atomic E-state index is 15.1. The van der Waals surface area contributed by atoms with Gasteiger partial charge in [-0.25, -0.2) is 38.7 Å². The fourth-order valence-corrected chi connectivity index (χ4v) is 7.00. The van der Waals surface area contributed by atoms with E-state index >= 15 is 4.39 Å². The van der Waals surface area contributed by atoms with E-state index in [0.717, 1.165) is 23.0 Å². The second-order valence-corrected chi connectivity index (χ2v) is 14.1. The van der Waals surface area contributed by atoms with Gasteiger partial charge in [0.05, 0.1) is 18.2 Å². The van der Waals surface area contributed by atoms with E-state index in [1.807, 2.05) is 31.4 Å². The Hall–Kier alpha value is -2.17. The van der Waals surface area contributed by atoms with Crippen LogP contribution in [0, 0.1) is 0 Å². The number of fused-ring (bicyclic) bond motifs is 6. The minimum Gasteiger partial charge on any atom is -0.360 e. The number of hydrogen-bond acceptors (Lipinski definition) is 6. The van der Waals surface area contributed by atoms with Crippen molar-refractivity contribution in [1.29, 1.82) is 0 Å². The highest BCUT2D eigenvalue weighted by Crippen LogP contribution is 2.48. The summed E-state index contributed by atoms with van der Waals surface area (Å²) in [6, 6.07) is 5.69. The maximum absolute atomic E-state index is 15.1. The van der Waals surface area contributed by atoms with Crippen molar-refractivity contribution in [2.75, 3.05) is 29.5 Å². The first-order valence-electron chi connectivity index (χ1n) is 12.0. The number of ether oxygens (including phenoxy) is 1. The number of pyridine rings is 1. The Labute approximate surface area is 211 Å². The van der Waals surface area contributed by atoms with Crippen LogP contribution >= 0.6 is 21.8 Å². The summed E-state index contributed by atoms with van der Waals surface area (Å²) in [5.41, 5.74) is 0.147. The van der Waals surface area contributed by atoms with Gasteiger partial charge >= 0.3 is 0 Å². The molecule has 0 radical (unpaired) electrons. The number of aromatic nitrogens is 5. The van der Waals surface area contributed by atoms with Crippen LogP contribution in [0.2, 0.25) is 0 Å². The molecule has 3 aromatic heterocycles. The molecule has 4 heterocycles. The lowest BCUT2D eigenvalue weighted by Crippen LogP contribution is -2.31. The summed E-state index contributed by atoms with van der Waals surface area (Å²) in [5, 5.41) is 0.868. The number of hydrogen-bond donors (Lipinski definition) is 0. The standard InChI is InChI=1S/C25H34FN5O2S2/c1-6-35(7-2,8-3)17-33-25(4)14-10-11-18(26)16-30-23(32)19-15-27-24(34-5)29-22(19)31(30)21-13-9-12-20(25)28-21/h9,11-13,15H,6-8,10,14,16-17H2,1-5H3/b18-11+. The smallest absolute Gasteiger partial charge is 0.278 e. The lowest BCUT2D eigenvalue weighted by molar-refractivity contribution is -0.0194. The monoisotopic (exact) mass is 519 g/mol. The average molecular weight is 520 g/mol. The third-order valence-electron chi connectivity index (χ3n) is 7.08. The quantitative estimate of drug-likeness (QED) is 0.307. The minimum atomic E-state index is -0.887. The molecule has 10 heteroatoms. The van der Waals surface area contributed by atoms with Gasteiger partial charge in [0.1, 0.15) is 16.8 Å². The minimum absolute atomic E-state index is 0.192. The van der Waals surface area contributed by atoms with Crippen molar-refractivity contribution < 1.29 is 9.13 Å². The summed E-state index contributed by atoms with van der Waals surface area (Å²) in [6.45, 7) is 8.57. The first-order valence-corrected chi connectivity index (χ1v) is 15.6. The van der Waals surface area contributed by atoms with Crippen molar-refractivity contribution in [3.05, 3.63) is 52.3 Å². The highest BCUT2D eigenvalue weighted by molar-refractivity contribution is 8.33. The number of thioether (sulfide) groups is 1. The molecule has 0 fully saturated rings. The second kappa shape index (κ2) is 10.4. The summed E-state index contributed by atoms with van der Waals surface area (Å²) in [5.74, 6) is 4.14. The molecular weight excluding hydrogens is 485 g/mol. The first-order chi connectivity index (χ1) is 16.8. The van der Waals surface area contributed by atoms with Crippen LogP contribution in [0.3, 0.4) is 0 Å². The molecular formula is C25H34FN5O2S2. The molecule has 2 bridgehead atoms. The van der Waals surface area contributed by atoms with Crippen molar-refractivity contribution in [1.82, 2.24) is 24.3 Å². The Morgan fingerprint density at radius 3 is 2.63 bits per heavy atom. The molecule has 1 unspecified atom stereocenters. The van der Waals surface area contributed by atoms with Crippen molar-refractivity contribution in [2.45, 2.75) is 57.8 Å². The summed E-state index contributed by atoms with van der Waals surface area (Å²) in [6.07, 6.45) is 6.01. The van der Waals surface area contributed by atoms with Crippen LogP contribution in [0.5, 0.6) is 0 Å². The molecule has 0 saturated heterocycles. The Bertz CT molecular complexity index is 1290. The molecule has 0 spiro atoms. The molecule has 0 N–H and O–H groups in total. The molecule has 1 aliphatic heterocycles. The predicted octanol–water partition coefficient (Wildman–Crippen LogP) is 5.40. The highest BCUT2D eigenvalue weighted by atomic mass is 32.3. The lowest BCUT2D eigenvalue weighted by Gasteiger charge is -2.41. The van der Waals surface area contributed by atoms with Crippen LogP contribution in [0.25, 0.3) is 16.9 Å². The molecule has 3 aromatic rings. The SMILES string of the molecule is CCS(CC)(CC)COC1(C)CC/C=C(/F)Cn2c(=O)c3cnc(SC)nc3n2-c2cccc1n2. The van der Waals surface area contributed by atoms with Crippen LogP contribution in [0.1, 0.15) is 46.2 Å². The van der Waals surface area contributed by atoms with E-state index in [4.69, 9.17) is 9.72 Å². The van der Waals surface area contributed by atoms with Gasteiger partial charge < -0.3 is 4.74 Å². The van der Waals surface area contributed by atoms with Crippen LogP contribution in [-0.4, -0.2) is 53.8 Å². The lowest BCUT2D eigenvalue weighted by atomic mass is 9.95. The van der Waals surface area contributed by atoms with Crippen LogP contribution in [0.15, 0.2) is 46.2 Å². The summed E-state index contributed by atoms with van der Waals surface area (Å²) >= 11 is 1.38. The Balaban J connectivity index is 1.89. The summed E-state index contributed by atoms with van der Waals surface area (Å²) < 4.78 is 24.7. The van der Waals surface area contributed by atoms with Gasteiger partial charge in [-0.15, -0.1) is 0 Å². The van der Waals surface area contributed by atoms with Gasteiger partial charge in [-0.05, 0) is 55.4 Å². The molecule has 0 aromatic carbocycles. The van der Waals surface area contributed by atoms with E-state index in [1.54, 1.807) is 10.8 Å². The zero-order chi connectivity index (χ0) is 25.2. The molecule has 35 heavy (non-hydrogen) atoms. The van der Waals surface area contributed by atoms with Crippen molar-refractivity contribution in [2.24, 2.45) is 0 Å². The second-order valence-electron chi connectivity index (χ2n) is 8.92. The van der Waals surface area contributed by atoms with E-state index in [2.05, 4.69) is 30.7 Å². The van der Waals surface area contributed by atoms with E-state index in [-0.39, 0.29) is 17.9 Å². The summed E-state index contributed by atoms with van der Waals surface area (Å²) in [7, 11) is -0.887. The molecule has 4 rings (SSSR count). The van der Waals surface area contributed by atoms with E-state index in [0.29, 0.717) is 40.8 Å². The molecule has 0 amide bonds. The molecule has 1 aliphatic rings. The largest absolute Gasteiger partial charge is 0.360 e. The van der Waals surface area contributed by atoms with E-state index in [9.17, 15) is 4.79 Å². The average Bonchev–Trinajstić information content (AvgIpc) is 3.14. The third kappa shape index (κ3) is 4.93. The zero-order valence-electron chi connectivity index (χ0n) is 21.1. The number of nitrogens with zero attached hydrogens (tertiary/aromatic N) is 5. The van der Waals surface area contributed by atoms with Crippen molar-refractivity contribution in [3.8, 4) is 5.82 Å². The van der Waals surface area contributed by atoms with Gasteiger partial charge in [0.25, 0.3) is 5.56 Å². The van der Waals surface area contributed by atoms with Gasteiger partial charge in [-0.2, -0.15) is 0 Å². The van der Waals surface area contributed by atoms with Gasteiger partial charge in [-0.1, -0.05) is 44.7 Å². The number of rotatable bonds is 7. The van der Waals surface area contributed by atoms with Gasteiger partial charge in [0, 0.05) is 6.20 Å². The maximum Gasteiger partial charge on any atom is 0.278 e. The topological polar surface area (TPSA) is 74.8 Å². The zero-order valence-corrected chi connectivity index (χ0v) is 22.7. The molecule has 190 valence electrons. The van der Waals surface area contributed by atoms with E-state index in [1.165, 1.54) is 22.6 Å². The highest BCUT2D eigenvalue weighted by Gasteiger charge is 2.33. The molecule has 0 saturated carbocycles. The Morgan fingerprint density at radius 2 is 1.94 bits per heavy atom. The predicted molar refractivity (Wildman–Crippen MR) is 144 cm³/mol. The van der Waals surface area contributed by atoms with Gasteiger partial charge in [0.15, 0.2) is 16.6 Å². The van der Waals surface area contributed by atoms with Crippen LogP contribution in [-0.2, 0) is 16.9 Å². The van der Waals surface area contributed by atoms with Gasteiger partial charge in [0.2, 0.25) is 0 Å². The fourth-order valence-electron chi connectivity index (χ4n) is 4.43. The van der Waals surface area contributed by atoms with Crippen molar-refractivity contribution >= 4 is 32.8 Å². The van der Waals surface area contributed by atoms with Crippen LogP contribution in [0.4, 0.5) is 4.39 Å². The number of allylic oxidation sites excluding steroid dienone is 2. The molecule has 0 aliphatic carbocycles. The Morgan fingerprint density at radius 1 is 1.20 bits per heavy atom. The first kappa shape index (κ1) is 25.9. The normalized spacial score (nSPS) is 20.7. The fraction of sp³-hybridized carbons (Fsp3) is 0.520. The third-order valence-corrected chi connectivity index (χ3v) is 11.9. The van der Waals surface area contributed by atoms with E-state index < -0.39 is 15.6 Å². The summed E-state index contributed by atoms with van der Waals surface area (Å²) in [4.78, 5) is 27.0. The molecule has 1 atom stereocenters.